The number of carbonyl (C=O) groups excluding carboxylic acids is 1. The standard InChI is InChI=1S/C20H41N2O5P/c1-21-19(23)20(24)22-17-15-13-11-9-7-5-4-6-8-10-12-14-16-18-28(25,26-2)27-3/h7,9,19,21,23H,4-6,8,10-18H2,1-3H3,(H,22,24). The van der Waals surface area contributed by atoms with Crippen LogP contribution in [0, 0.1) is 0 Å². The lowest BCUT2D eigenvalue weighted by Crippen LogP contribution is -2.42. The molecule has 1 unspecified atom stereocenters. The lowest BCUT2D eigenvalue weighted by atomic mass is 10.1. The van der Waals surface area contributed by atoms with Crippen molar-refractivity contribution < 1.29 is 23.5 Å². The molecule has 0 fully saturated rings. The van der Waals surface area contributed by atoms with Gasteiger partial charge in [-0.05, 0) is 45.6 Å². The zero-order valence-corrected chi connectivity index (χ0v) is 18.8. The number of aliphatic hydroxyl groups excluding tert-OH is 1. The molecule has 0 aliphatic heterocycles. The van der Waals surface area contributed by atoms with E-state index < -0.39 is 13.8 Å². The molecule has 0 saturated heterocycles. The van der Waals surface area contributed by atoms with Gasteiger partial charge in [0.1, 0.15) is 0 Å². The molecular weight excluding hydrogens is 379 g/mol. The summed E-state index contributed by atoms with van der Waals surface area (Å²) >= 11 is 0. The summed E-state index contributed by atoms with van der Waals surface area (Å²) in [6, 6.07) is 0. The van der Waals surface area contributed by atoms with E-state index in [2.05, 4.69) is 22.8 Å². The molecule has 1 atom stereocenters. The summed E-state index contributed by atoms with van der Waals surface area (Å²) in [5.41, 5.74) is 0. The van der Waals surface area contributed by atoms with Gasteiger partial charge < -0.3 is 19.5 Å². The van der Waals surface area contributed by atoms with Gasteiger partial charge in [0.25, 0.3) is 5.91 Å². The maximum absolute atomic E-state index is 11.9. The van der Waals surface area contributed by atoms with Crippen molar-refractivity contribution in [2.24, 2.45) is 0 Å². The van der Waals surface area contributed by atoms with E-state index in [0.29, 0.717) is 12.7 Å². The van der Waals surface area contributed by atoms with E-state index in [0.717, 1.165) is 38.5 Å². The molecule has 0 radical (unpaired) electrons. The number of hydrogen-bond donors (Lipinski definition) is 3. The smallest absolute Gasteiger partial charge is 0.330 e. The Kier molecular flexibility index (Phi) is 17.8. The fourth-order valence-electron chi connectivity index (χ4n) is 2.77. The highest BCUT2D eigenvalue weighted by molar-refractivity contribution is 7.53. The molecule has 0 saturated carbocycles. The second-order valence-electron chi connectivity index (χ2n) is 6.91. The van der Waals surface area contributed by atoms with E-state index in [1.165, 1.54) is 46.3 Å². The van der Waals surface area contributed by atoms with E-state index in [-0.39, 0.29) is 5.91 Å². The summed E-state index contributed by atoms with van der Waals surface area (Å²) < 4.78 is 21.7. The van der Waals surface area contributed by atoms with Crippen molar-refractivity contribution in [3.05, 3.63) is 12.2 Å². The van der Waals surface area contributed by atoms with E-state index in [1.807, 2.05) is 0 Å². The van der Waals surface area contributed by atoms with Crippen LogP contribution in [0.15, 0.2) is 12.2 Å². The van der Waals surface area contributed by atoms with Crippen LogP contribution in [0.1, 0.15) is 70.6 Å². The van der Waals surface area contributed by atoms with Crippen LogP contribution in [0.2, 0.25) is 0 Å². The predicted octanol–water partition coefficient (Wildman–Crippen LogP) is 3.97. The molecule has 1 amide bonds. The number of rotatable bonds is 19. The van der Waals surface area contributed by atoms with Crippen LogP contribution in [0.3, 0.4) is 0 Å². The second-order valence-corrected chi connectivity index (χ2v) is 9.31. The van der Waals surface area contributed by atoms with Crippen molar-refractivity contribution in [3.63, 3.8) is 0 Å². The van der Waals surface area contributed by atoms with Crippen LogP contribution in [-0.4, -0.2) is 51.2 Å². The van der Waals surface area contributed by atoms with Crippen LogP contribution in [-0.2, 0) is 18.4 Å². The van der Waals surface area contributed by atoms with Gasteiger partial charge >= 0.3 is 7.60 Å². The number of hydrogen-bond acceptors (Lipinski definition) is 6. The van der Waals surface area contributed by atoms with Crippen molar-refractivity contribution in [2.45, 2.75) is 76.9 Å². The number of carbonyl (C=O) groups is 1. The molecule has 0 rings (SSSR count). The monoisotopic (exact) mass is 420 g/mol. The number of allylic oxidation sites excluding steroid dienone is 2. The maximum atomic E-state index is 11.9. The molecular formula is C20H41N2O5P. The highest BCUT2D eigenvalue weighted by atomic mass is 31.2. The molecule has 0 heterocycles. The zero-order valence-electron chi connectivity index (χ0n) is 18.0. The Bertz CT molecular complexity index is 452. The summed E-state index contributed by atoms with van der Waals surface area (Å²) in [4.78, 5) is 11.3. The third-order valence-corrected chi connectivity index (χ3v) is 6.62. The fraction of sp³-hybridized carbons (Fsp3) is 0.850. The lowest BCUT2D eigenvalue weighted by molar-refractivity contribution is -0.130. The Hall–Kier alpha value is -0.720. The Morgan fingerprint density at radius 2 is 1.43 bits per heavy atom. The molecule has 0 aromatic heterocycles. The summed E-state index contributed by atoms with van der Waals surface area (Å²) in [5, 5.41) is 14.4. The van der Waals surface area contributed by atoms with Gasteiger partial charge in [-0.25, -0.2) is 0 Å². The average molecular weight is 421 g/mol. The second kappa shape index (κ2) is 18.3. The largest absolute Gasteiger partial charge is 0.370 e. The van der Waals surface area contributed by atoms with Crippen molar-refractivity contribution >= 4 is 13.5 Å². The predicted molar refractivity (Wildman–Crippen MR) is 114 cm³/mol. The Morgan fingerprint density at radius 3 is 1.96 bits per heavy atom. The zero-order chi connectivity index (χ0) is 21.1. The minimum absolute atomic E-state index is 0.372. The molecule has 3 N–H and O–H groups in total. The van der Waals surface area contributed by atoms with E-state index in [9.17, 15) is 14.5 Å². The van der Waals surface area contributed by atoms with Crippen LogP contribution in [0.4, 0.5) is 0 Å². The van der Waals surface area contributed by atoms with Gasteiger partial charge in [0.05, 0.1) is 6.16 Å². The van der Waals surface area contributed by atoms with E-state index >= 15 is 0 Å². The third-order valence-electron chi connectivity index (χ3n) is 4.64. The van der Waals surface area contributed by atoms with Crippen LogP contribution in [0.25, 0.3) is 0 Å². The third kappa shape index (κ3) is 15.2. The normalized spacial score (nSPS) is 13.1. The summed E-state index contributed by atoms with van der Waals surface area (Å²) in [5.74, 6) is -0.372. The van der Waals surface area contributed by atoms with Gasteiger partial charge in [-0.3, -0.25) is 14.7 Å². The minimum atomic E-state index is -2.82. The summed E-state index contributed by atoms with van der Waals surface area (Å²) in [6.07, 6.45) is 16.0. The number of aliphatic hydroxyl groups is 1. The van der Waals surface area contributed by atoms with Gasteiger partial charge in [-0.1, -0.05) is 44.3 Å². The molecule has 8 heteroatoms. The van der Waals surface area contributed by atoms with Crippen LogP contribution in [0.5, 0.6) is 0 Å². The van der Waals surface area contributed by atoms with Crippen LogP contribution < -0.4 is 10.6 Å². The number of likely N-dealkylation sites (N-methyl/N-ethyl adjacent to an activating group) is 1. The molecule has 0 aliphatic rings. The molecule has 0 aliphatic carbocycles. The van der Waals surface area contributed by atoms with Gasteiger partial charge in [0.15, 0.2) is 6.23 Å². The quantitative estimate of drug-likeness (QED) is 0.127. The first kappa shape index (κ1) is 27.3. The Balaban J connectivity index is 3.34. The van der Waals surface area contributed by atoms with Gasteiger partial charge in [-0.15, -0.1) is 0 Å². The SMILES string of the molecule is CNC(O)C(=O)NCCCCC=CCCCCCCCCCP(=O)(OC)OC. The average Bonchev–Trinajstić information content (AvgIpc) is 2.72. The number of nitrogens with one attached hydrogen (secondary N) is 2. The first-order chi connectivity index (χ1) is 13.5. The maximum Gasteiger partial charge on any atom is 0.330 e. The van der Waals surface area contributed by atoms with E-state index in [4.69, 9.17) is 9.05 Å². The first-order valence-electron chi connectivity index (χ1n) is 10.5. The lowest BCUT2D eigenvalue weighted by Gasteiger charge is -2.12. The van der Waals surface area contributed by atoms with Crippen LogP contribution >= 0.6 is 7.60 Å². The molecule has 0 aromatic carbocycles. The van der Waals surface area contributed by atoms with Gasteiger partial charge in [-0.2, -0.15) is 0 Å². The van der Waals surface area contributed by atoms with Crippen molar-refractivity contribution in [1.29, 1.82) is 0 Å². The molecule has 7 nitrogen and oxygen atoms in total. The van der Waals surface area contributed by atoms with Gasteiger partial charge in [0.2, 0.25) is 0 Å². The van der Waals surface area contributed by atoms with Crippen molar-refractivity contribution in [1.82, 2.24) is 10.6 Å². The minimum Gasteiger partial charge on any atom is -0.370 e. The van der Waals surface area contributed by atoms with E-state index in [1.54, 1.807) is 7.05 Å². The first-order valence-corrected chi connectivity index (χ1v) is 12.2. The topological polar surface area (TPSA) is 96.9 Å². The number of amides is 1. The Morgan fingerprint density at radius 1 is 0.929 bits per heavy atom. The molecule has 0 spiro atoms. The van der Waals surface area contributed by atoms with Gasteiger partial charge in [0, 0.05) is 20.8 Å². The highest BCUT2D eigenvalue weighted by Crippen LogP contribution is 2.47. The van der Waals surface area contributed by atoms with Crippen molar-refractivity contribution in [3.8, 4) is 0 Å². The molecule has 28 heavy (non-hydrogen) atoms. The Labute approximate surface area is 171 Å². The highest BCUT2D eigenvalue weighted by Gasteiger charge is 2.19. The number of unbranched alkanes of at least 4 members (excludes halogenated alkanes) is 9. The molecule has 0 aromatic rings. The molecule has 166 valence electrons. The summed E-state index contributed by atoms with van der Waals surface area (Å²) in [6.45, 7) is 0.597. The summed E-state index contributed by atoms with van der Waals surface area (Å²) in [7, 11) is 1.61. The van der Waals surface area contributed by atoms with Crippen molar-refractivity contribution in [2.75, 3.05) is 34.0 Å². The molecule has 0 bridgehead atoms. The fourth-order valence-corrected chi connectivity index (χ4v) is 3.90.